The molecule has 2 aliphatic carbocycles. The lowest BCUT2D eigenvalue weighted by atomic mass is 10.0. The number of fused-ring (bicyclic) bond motifs is 1. The molecule has 0 saturated heterocycles. The molecule has 1 fully saturated rings. The third kappa shape index (κ3) is 2.91. The van der Waals surface area contributed by atoms with Gasteiger partial charge in [-0.2, -0.15) is 0 Å². The summed E-state index contributed by atoms with van der Waals surface area (Å²) in [5.74, 6) is 1.78. The number of pyridine rings is 1. The molecule has 3 heterocycles. The summed E-state index contributed by atoms with van der Waals surface area (Å²) in [6, 6.07) is 9.02. The monoisotopic (exact) mass is 349 g/mol. The maximum absolute atomic E-state index is 4.79. The normalized spacial score (nSPS) is 24.3. The molecular formula is C19H19N5S. The number of nitrogens with zero attached hydrogens (tertiary/aromatic N) is 4. The molecule has 0 radical (unpaired) electrons. The number of rotatable bonds is 4. The molecule has 0 spiro atoms. The average Bonchev–Trinajstić information content (AvgIpc) is 3.14. The fourth-order valence-electron chi connectivity index (χ4n) is 3.16. The van der Waals surface area contributed by atoms with Crippen LogP contribution in [0.5, 0.6) is 0 Å². The highest BCUT2D eigenvalue weighted by atomic mass is 32.2. The number of aryl methyl sites for hydroxylation is 1. The summed E-state index contributed by atoms with van der Waals surface area (Å²) in [6.45, 7) is 2.01. The Morgan fingerprint density at radius 3 is 3.04 bits per heavy atom. The van der Waals surface area contributed by atoms with Crippen LogP contribution in [0.1, 0.15) is 24.2 Å². The van der Waals surface area contributed by atoms with Crippen molar-refractivity contribution in [3.05, 3.63) is 53.9 Å². The van der Waals surface area contributed by atoms with E-state index in [-0.39, 0.29) is 6.04 Å². The first-order valence-electron chi connectivity index (χ1n) is 8.64. The van der Waals surface area contributed by atoms with Gasteiger partial charge in [0.25, 0.3) is 0 Å². The Balaban J connectivity index is 1.57. The Kier molecular flexibility index (Phi) is 3.52. The first-order chi connectivity index (χ1) is 12.3. The average molecular weight is 349 g/mol. The number of thioether (sulfide) groups is 1. The molecule has 2 atom stereocenters. The summed E-state index contributed by atoms with van der Waals surface area (Å²) in [7, 11) is 0. The maximum Gasteiger partial charge on any atom is 0.154 e. The number of aliphatic imine (C=N–C) groups is 1. The molecule has 2 aromatic rings. The second kappa shape index (κ2) is 5.88. The van der Waals surface area contributed by atoms with Gasteiger partial charge in [0.1, 0.15) is 5.82 Å². The summed E-state index contributed by atoms with van der Waals surface area (Å²) < 4.78 is 1.95. The van der Waals surface area contributed by atoms with Gasteiger partial charge in [0.05, 0.1) is 22.5 Å². The van der Waals surface area contributed by atoms with Crippen LogP contribution in [0.15, 0.2) is 47.5 Å². The molecule has 5 rings (SSSR count). The molecule has 0 bridgehead atoms. The molecule has 25 heavy (non-hydrogen) atoms. The number of hydrogen-bond acceptors (Lipinski definition) is 5. The Hall–Kier alpha value is -2.34. The van der Waals surface area contributed by atoms with Crippen molar-refractivity contribution in [3.8, 4) is 5.82 Å². The molecule has 2 unspecified atom stereocenters. The summed E-state index contributed by atoms with van der Waals surface area (Å²) in [5.41, 5.74) is 5.20. The maximum atomic E-state index is 4.79. The van der Waals surface area contributed by atoms with Gasteiger partial charge in [-0.25, -0.2) is 9.67 Å². The second-order valence-corrected chi connectivity index (χ2v) is 7.74. The molecule has 0 aromatic carbocycles. The fraction of sp³-hybridized carbons (Fsp3) is 0.316. The quantitative estimate of drug-likeness (QED) is 0.916. The molecule has 126 valence electrons. The van der Waals surface area contributed by atoms with Crippen LogP contribution in [0, 0.1) is 6.92 Å². The molecule has 0 amide bonds. The minimum absolute atomic E-state index is 0.270. The Morgan fingerprint density at radius 1 is 1.28 bits per heavy atom. The minimum atomic E-state index is 0.270. The zero-order chi connectivity index (χ0) is 16.8. The number of allylic oxidation sites excluding steroid dienone is 2. The lowest BCUT2D eigenvalue weighted by Crippen LogP contribution is -2.16. The van der Waals surface area contributed by atoms with Crippen molar-refractivity contribution in [1.29, 1.82) is 0 Å². The summed E-state index contributed by atoms with van der Waals surface area (Å²) in [5, 5.41) is 8.68. The van der Waals surface area contributed by atoms with E-state index in [1.807, 2.05) is 35.4 Å². The number of hydrogen-bond donors (Lipinski definition) is 1. The molecule has 1 saturated carbocycles. The van der Waals surface area contributed by atoms with Gasteiger partial charge in [-0.1, -0.05) is 24.3 Å². The lowest BCUT2D eigenvalue weighted by Gasteiger charge is -2.17. The van der Waals surface area contributed by atoms with Crippen LogP contribution in [-0.4, -0.2) is 37.6 Å². The first-order valence-corrected chi connectivity index (χ1v) is 9.59. The summed E-state index contributed by atoms with van der Waals surface area (Å²) in [6.07, 6.45) is 9.10. The zero-order valence-electron chi connectivity index (χ0n) is 14.0. The van der Waals surface area contributed by atoms with Crippen LogP contribution in [0.2, 0.25) is 0 Å². The number of anilines is 1. The van der Waals surface area contributed by atoms with E-state index in [2.05, 4.69) is 39.6 Å². The predicted molar refractivity (Wildman–Crippen MR) is 104 cm³/mol. The van der Waals surface area contributed by atoms with Crippen LogP contribution in [0.4, 0.5) is 5.82 Å². The van der Waals surface area contributed by atoms with Crippen LogP contribution < -0.4 is 5.32 Å². The minimum Gasteiger partial charge on any atom is -0.366 e. The van der Waals surface area contributed by atoms with E-state index in [0.717, 1.165) is 23.0 Å². The van der Waals surface area contributed by atoms with E-state index in [1.165, 1.54) is 18.4 Å². The van der Waals surface area contributed by atoms with Crippen molar-refractivity contribution >= 4 is 28.7 Å². The molecule has 1 aliphatic heterocycles. The van der Waals surface area contributed by atoms with Gasteiger partial charge < -0.3 is 5.32 Å². The zero-order valence-corrected chi connectivity index (χ0v) is 14.8. The molecule has 5 nitrogen and oxygen atoms in total. The summed E-state index contributed by atoms with van der Waals surface area (Å²) in [4.78, 5) is 9.16. The Labute approximate surface area is 151 Å². The van der Waals surface area contributed by atoms with Crippen LogP contribution in [0.25, 0.3) is 11.4 Å². The van der Waals surface area contributed by atoms with Gasteiger partial charge in [0.15, 0.2) is 5.82 Å². The highest BCUT2D eigenvalue weighted by Gasteiger charge is 2.27. The lowest BCUT2D eigenvalue weighted by molar-refractivity contribution is 0.823. The van der Waals surface area contributed by atoms with E-state index in [4.69, 9.17) is 5.10 Å². The smallest absolute Gasteiger partial charge is 0.154 e. The van der Waals surface area contributed by atoms with Crippen LogP contribution in [0.3, 0.4) is 0 Å². The SMILES string of the molecule is Cc1cccc(-n2nc(NC3CC3)cc2C2=CC3SC=NC3C=C2)n1. The van der Waals surface area contributed by atoms with Crippen LogP contribution >= 0.6 is 11.8 Å². The van der Waals surface area contributed by atoms with Crippen molar-refractivity contribution < 1.29 is 0 Å². The van der Waals surface area contributed by atoms with Crippen molar-refractivity contribution in [1.82, 2.24) is 14.8 Å². The van der Waals surface area contributed by atoms with Crippen molar-refractivity contribution in [2.45, 2.75) is 37.1 Å². The summed E-state index contributed by atoms with van der Waals surface area (Å²) >= 11 is 1.78. The van der Waals surface area contributed by atoms with Gasteiger partial charge >= 0.3 is 0 Å². The van der Waals surface area contributed by atoms with Gasteiger partial charge in [-0.15, -0.1) is 16.9 Å². The van der Waals surface area contributed by atoms with E-state index in [0.29, 0.717) is 11.3 Å². The van der Waals surface area contributed by atoms with Gasteiger partial charge in [-0.3, -0.25) is 4.99 Å². The van der Waals surface area contributed by atoms with E-state index in [9.17, 15) is 0 Å². The third-order valence-electron chi connectivity index (χ3n) is 4.63. The van der Waals surface area contributed by atoms with Gasteiger partial charge in [0, 0.05) is 17.8 Å². The largest absolute Gasteiger partial charge is 0.366 e. The molecule has 2 aromatic heterocycles. The van der Waals surface area contributed by atoms with Gasteiger partial charge in [0.2, 0.25) is 0 Å². The first kappa shape index (κ1) is 15.0. The number of aromatic nitrogens is 3. The van der Waals surface area contributed by atoms with E-state index in [1.54, 1.807) is 11.8 Å². The highest BCUT2D eigenvalue weighted by Crippen LogP contribution is 2.34. The molecule has 3 aliphatic rings. The molecule has 1 N–H and O–H groups in total. The van der Waals surface area contributed by atoms with Crippen molar-refractivity contribution in [2.24, 2.45) is 4.99 Å². The van der Waals surface area contributed by atoms with Gasteiger partial charge in [-0.05, 0) is 37.5 Å². The topological polar surface area (TPSA) is 55.1 Å². The van der Waals surface area contributed by atoms with Crippen molar-refractivity contribution in [2.75, 3.05) is 5.32 Å². The fourth-order valence-corrected chi connectivity index (χ4v) is 4.06. The molecule has 6 heteroatoms. The van der Waals surface area contributed by atoms with E-state index >= 15 is 0 Å². The standard InChI is InChI=1S/C19H19N5S/c1-12-3-2-4-19(21-12)24-16(10-18(23-24)22-14-6-7-14)13-5-8-15-17(9-13)25-11-20-15/h2-5,8-11,14-15,17H,6-7H2,1H3,(H,22,23). The second-order valence-electron chi connectivity index (χ2n) is 6.71. The van der Waals surface area contributed by atoms with E-state index < -0.39 is 0 Å². The predicted octanol–water partition coefficient (Wildman–Crippen LogP) is 3.62. The third-order valence-corrected chi connectivity index (χ3v) is 5.60. The Bertz CT molecular complexity index is 906. The molecular weight excluding hydrogens is 330 g/mol. The highest BCUT2D eigenvalue weighted by molar-refractivity contribution is 8.13. The van der Waals surface area contributed by atoms with Crippen LogP contribution in [-0.2, 0) is 0 Å². The Morgan fingerprint density at radius 2 is 2.20 bits per heavy atom. The number of nitrogens with one attached hydrogen (secondary N) is 1. The van der Waals surface area contributed by atoms with Crippen molar-refractivity contribution in [3.63, 3.8) is 0 Å².